The average Bonchev–Trinajstić information content (AvgIpc) is 2.60. The van der Waals surface area contributed by atoms with Crippen molar-refractivity contribution >= 4 is 11.7 Å². The van der Waals surface area contributed by atoms with Gasteiger partial charge in [-0.3, -0.25) is 9.59 Å². The molecule has 1 N–H and O–H groups in total. The molecule has 0 radical (unpaired) electrons. The van der Waals surface area contributed by atoms with Gasteiger partial charge in [0.2, 0.25) is 5.91 Å². The third-order valence-corrected chi connectivity index (χ3v) is 3.53. The number of nitrogens with one attached hydrogen (secondary N) is 1. The smallest absolute Gasteiger partial charge is 0.245 e. The summed E-state index contributed by atoms with van der Waals surface area (Å²) in [7, 11) is 0. The highest BCUT2D eigenvalue weighted by molar-refractivity contribution is 6.03. The SMILES string of the molecule is N#C[C@H](C(=O)CCc1ccccc1)C(=O)NCc1ccccc1. The minimum Gasteiger partial charge on any atom is -0.350 e. The fourth-order valence-electron chi connectivity index (χ4n) is 2.22. The molecule has 2 aromatic rings. The lowest BCUT2D eigenvalue weighted by molar-refractivity contribution is -0.131. The van der Waals surface area contributed by atoms with E-state index in [-0.39, 0.29) is 12.2 Å². The Balaban J connectivity index is 1.86. The van der Waals surface area contributed by atoms with E-state index in [4.69, 9.17) is 5.26 Å². The summed E-state index contributed by atoms with van der Waals surface area (Å²) in [5.41, 5.74) is 1.94. The molecule has 0 bridgehead atoms. The fourth-order valence-corrected chi connectivity index (χ4v) is 2.22. The zero-order valence-corrected chi connectivity index (χ0v) is 12.7. The van der Waals surface area contributed by atoms with Crippen LogP contribution < -0.4 is 5.32 Å². The molecule has 0 unspecified atom stereocenters. The summed E-state index contributed by atoms with van der Waals surface area (Å²) in [5, 5.41) is 11.8. The van der Waals surface area contributed by atoms with Crippen LogP contribution in [0.25, 0.3) is 0 Å². The van der Waals surface area contributed by atoms with Crippen molar-refractivity contribution in [3.05, 3.63) is 71.8 Å². The fraction of sp³-hybridized carbons (Fsp3) is 0.211. The van der Waals surface area contributed by atoms with Gasteiger partial charge in [0.05, 0.1) is 6.07 Å². The van der Waals surface area contributed by atoms with Gasteiger partial charge in [-0.25, -0.2) is 0 Å². The van der Waals surface area contributed by atoms with E-state index in [1.807, 2.05) is 66.7 Å². The summed E-state index contributed by atoms with van der Waals surface area (Å²) in [6.45, 7) is 0.309. The van der Waals surface area contributed by atoms with E-state index in [1.165, 1.54) is 0 Å². The Kier molecular flexibility index (Phi) is 6.07. The number of ketones is 1. The summed E-state index contributed by atoms with van der Waals surface area (Å²) < 4.78 is 0. The molecule has 2 aromatic carbocycles. The summed E-state index contributed by atoms with van der Waals surface area (Å²) in [6.07, 6.45) is 0.713. The normalized spacial score (nSPS) is 11.3. The predicted octanol–water partition coefficient (Wildman–Crippen LogP) is 2.64. The molecule has 4 nitrogen and oxygen atoms in total. The first kappa shape index (κ1) is 16.4. The van der Waals surface area contributed by atoms with Gasteiger partial charge in [0.15, 0.2) is 11.7 Å². The van der Waals surface area contributed by atoms with E-state index in [9.17, 15) is 9.59 Å². The van der Waals surface area contributed by atoms with Crippen molar-refractivity contribution in [1.29, 1.82) is 5.26 Å². The van der Waals surface area contributed by atoms with Crippen molar-refractivity contribution in [3.8, 4) is 6.07 Å². The van der Waals surface area contributed by atoms with Gasteiger partial charge in [0.1, 0.15) is 0 Å². The predicted molar refractivity (Wildman–Crippen MR) is 87.2 cm³/mol. The second-order valence-electron chi connectivity index (χ2n) is 5.22. The van der Waals surface area contributed by atoms with Crippen LogP contribution in [0.5, 0.6) is 0 Å². The molecule has 0 saturated heterocycles. The van der Waals surface area contributed by atoms with Crippen molar-refractivity contribution in [2.24, 2.45) is 5.92 Å². The van der Waals surface area contributed by atoms with Crippen LogP contribution in [0.4, 0.5) is 0 Å². The standard InChI is InChI=1S/C19H18N2O2/c20-13-17(18(22)12-11-15-7-3-1-4-8-15)19(23)21-14-16-9-5-2-6-10-16/h1-10,17H,11-12,14H2,(H,21,23)/t17-/m1/s1. The van der Waals surface area contributed by atoms with Crippen LogP contribution in [0.15, 0.2) is 60.7 Å². The Morgan fingerprint density at radius 2 is 1.52 bits per heavy atom. The monoisotopic (exact) mass is 306 g/mol. The number of Topliss-reactive ketones (excluding diaryl/α,β-unsaturated/α-hetero) is 1. The molecular formula is C19H18N2O2. The Hall–Kier alpha value is -2.93. The molecule has 2 rings (SSSR count). The maximum atomic E-state index is 12.1. The summed E-state index contributed by atoms with van der Waals surface area (Å²) in [5.74, 6) is -2.13. The Bertz CT molecular complexity index is 635. The highest BCUT2D eigenvalue weighted by Crippen LogP contribution is 2.08. The molecule has 0 aliphatic heterocycles. The lowest BCUT2D eigenvalue weighted by atomic mass is 9.98. The number of hydrogen-bond donors (Lipinski definition) is 1. The molecule has 0 aromatic heterocycles. The number of rotatable bonds is 7. The lowest BCUT2D eigenvalue weighted by Gasteiger charge is -2.09. The maximum Gasteiger partial charge on any atom is 0.245 e. The van der Waals surface area contributed by atoms with Crippen LogP contribution in [-0.4, -0.2) is 11.7 Å². The molecule has 23 heavy (non-hydrogen) atoms. The van der Waals surface area contributed by atoms with Crippen molar-refractivity contribution in [3.63, 3.8) is 0 Å². The molecule has 4 heteroatoms. The van der Waals surface area contributed by atoms with E-state index >= 15 is 0 Å². The number of amides is 1. The van der Waals surface area contributed by atoms with Crippen LogP contribution in [0.3, 0.4) is 0 Å². The highest BCUT2D eigenvalue weighted by atomic mass is 16.2. The summed E-state index contributed by atoms with van der Waals surface area (Å²) in [6, 6.07) is 20.7. The van der Waals surface area contributed by atoms with Crippen LogP contribution in [0, 0.1) is 17.2 Å². The molecule has 0 aliphatic rings. The van der Waals surface area contributed by atoms with Gasteiger partial charge in [-0.15, -0.1) is 0 Å². The van der Waals surface area contributed by atoms with Crippen molar-refractivity contribution in [1.82, 2.24) is 5.32 Å². The second kappa shape index (κ2) is 8.50. The number of hydrogen-bond acceptors (Lipinski definition) is 3. The number of benzene rings is 2. The topological polar surface area (TPSA) is 70.0 Å². The van der Waals surface area contributed by atoms with Crippen molar-refractivity contribution in [2.75, 3.05) is 0 Å². The number of nitriles is 1. The largest absolute Gasteiger partial charge is 0.350 e. The minimum atomic E-state index is -1.25. The molecule has 0 fully saturated rings. The molecular weight excluding hydrogens is 288 g/mol. The number of carbonyl (C=O) groups excluding carboxylic acids is 2. The first-order chi connectivity index (χ1) is 11.2. The molecule has 116 valence electrons. The average molecular weight is 306 g/mol. The Morgan fingerprint density at radius 3 is 2.09 bits per heavy atom. The van der Waals surface area contributed by atoms with Crippen LogP contribution in [-0.2, 0) is 22.6 Å². The quantitative estimate of drug-likeness (QED) is 0.799. The molecule has 0 saturated carbocycles. The van der Waals surface area contributed by atoms with Gasteiger partial charge in [0, 0.05) is 13.0 Å². The van der Waals surface area contributed by atoms with Crippen LogP contribution >= 0.6 is 0 Å². The van der Waals surface area contributed by atoms with E-state index < -0.39 is 11.8 Å². The summed E-state index contributed by atoms with van der Waals surface area (Å²) in [4.78, 5) is 24.2. The van der Waals surface area contributed by atoms with E-state index in [0.29, 0.717) is 13.0 Å². The third-order valence-electron chi connectivity index (χ3n) is 3.53. The van der Waals surface area contributed by atoms with Gasteiger partial charge in [-0.05, 0) is 17.5 Å². The first-order valence-corrected chi connectivity index (χ1v) is 7.48. The Morgan fingerprint density at radius 1 is 0.957 bits per heavy atom. The maximum absolute atomic E-state index is 12.1. The number of carbonyl (C=O) groups is 2. The molecule has 0 heterocycles. The lowest BCUT2D eigenvalue weighted by Crippen LogP contribution is -2.34. The van der Waals surface area contributed by atoms with Gasteiger partial charge in [-0.1, -0.05) is 60.7 Å². The van der Waals surface area contributed by atoms with Gasteiger partial charge < -0.3 is 5.32 Å². The molecule has 0 aliphatic carbocycles. The minimum absolute atomic E-state index is 0.182. The van der Waals surface area contributed by atoms with Gasteiger partial charge >= 0.3 is 0 Å². The van der Waals surface area contributed by atoms with Crippen molar-refractivity contribution < 1.29 is 9.59 Å². The zero-order chi connectivity index (χ0) is 16.5. The van der Waals surface area contributed by atoms with Crippen molar-refractivity contribution in [2.45, 2.75) is 19.4 Å². The molecule has 1 amide bonds. The molecule has 1 atom stereocenters. The summed E-state index contributed by atoms with van der Waals surface area (Å²) >= 11 is 0. The van der Waals surface area contributed by atoms with E-state index in [1.54, 1.807) is 0 Å². The number of aryl methyl sites for hydroxylation is 1. The molecule has 0 spiro atoms. The van der Waals surface area contributed by atoms with Crippen LogP contribution in [0.2, 0.25) is 0 Å². The third kappa shape index (κ3) is 5.08. The highest BCUT2D eigenvalue weighted by Gasteiger charge is 2.25. The Labute approximate surface area is 135 Å². The van der Waals surface area contributed by atoms with E-state index in [0.717, 1.165) is 11.1 Å². The van der Waals surface area contributed by atoms with Crippen LogP contribution in [0.1, 0.15) is 17.5 Å². The first-order valence-electron chi connectivity index (χ1n) is 7.48. The second-order valence-corrected chi connectivity index (χ2v) is 5.22. The van der Waals surface area contributed by atoms with Gasteiger partial charge in [-0.2, -0.15) is 5.26 Å². The zero-order valence-electron chi connectivity index (χ0n) is 12.7. The number of nitrogens with zero attached hydrogens (tertiary/aromatic N) is 1. The van der Waals surface area contributed by atoms with Gasteiger partial charge in [0.25, 0.3) is 0 Å². The van der Waals surface area contributed by atoms with E-state index in [2.05, 4.69) is 5.32 Å².